The Morgan fingerprint density at radius 3 is 1.86 bits per heavy atom. The molecule has 3 aromatic carbocycles. The zero-order chi connectivity index (χ0) is 32.4. The fourth-order valence-corrected chi connectivity index (χ4v) is 4.23. The van der Waals surface area contributed by atoms with Gasteiger partial charge in [-0.05, 0) is 59.3 Å². The second-order valence-corrected chi connectivity index (χ2v) is 10.0. The largest absolute Gasteiger partial charge is 0.460 e. The molecule has 0 aliphatic rings. The van der Waals surface area contributed by atoms with Crippen LogP contribution in [0.4, 0.5) is 57.1 Å². The molecular formula is C26H18F13NO2S. The van der Waals surface area contributed by atoms with Gasteiger partial charge < -0.3 is 15.2 Å². The van der Waals surface area contributed by atoms with Gasteiger partial charge in [-0.15, -0.1) is 0 Å². The topological polar surface area (TPSA) is 41.5 Å². The second-order valence-electron chi connectivity index (χ2n) is 8.86. The zero-order valence-electron chi connectivity index (χ0n) is 21.0. The zero-order valence-corrected chi connectivity index (χ0v) is 21.8. The Labute approximate surface area is 238 Å². The van der Waals surface area contributed by atoms with E-state index in [-0.39, 0.29) is 34.1 Å². The lowest BCUT2D eigenvalue weighted by atomic mass is 9.93. The molecule has 236 valence electrons. The van der Waals surface area contributed by atoms with Gasteiger partial charge in [-0.1, -0.05) is 36.4 Å². The lowest BCUT2D eigenvalue weighted by Gasteiger charge is -2.29. The Morgan fingerprint density at radius 1 is 0.698 bits per heavy atom. The number of alkyl halides is 13. The van der Waals surface area contributed by atoms with Crippen molar-refractivity contribution in [3.05, 3.63) is 89.5 Å². The first-order valence-corrected chi connectivity index (χ1v) is 12.5. The first-order chi connectivity index (χ1) is 19.6. The average Bonchev–Trinajstić information content (AvgIpc) is 2.87. The van der Waals surface area contributed by atoms with Gasteiger partial charge in [-0.2, -0.15) is 57.1 Å². The van der Waals surface area contributed by atoms with E-state index in [4.69, 9.17) is 4.74 Å². The van der Waals surface area contributed by atoms with Gasteiger partial charge in [0.1, 0.15) is 11.5 Å². The average molecular weight is 655 g/mol. The summed E-state index contributed by atoms with van der Waals surface area (Å²) in [6, 6.07) is 10.2. The third kappa shape index (κ3) is 8.47. The fourth-order valence-electron chi connectivity index (χ4n) is 3.65. The quantitative estimate of drug-likeness (QED) is 0.169. The van der Waals surface area contributed by atoms with E-state index in [9.17, 15) is 62.2 Å². The Kier molecular flexibility index (Phi) is 9.92. The number of hydrogen-bond acceptors (Lipinski definition) is 4. The van der Waals surface area contributed by atoms with E-state index in [1.54, 1.807) is 0 Å². The van der Waals surface area contributed by atoms with Gasteiger partial charge in [0.2, 0.25) is 0 Å². The Bertz CT molecular complexity index is 1370. The molecule has 0 heterocycles. The monoisotopic (exact) mass is 655 g/mol. The summed E-state index contributed by atoms with van der Waals surface area (Å²) < 4.78 is 176. The smallest absolute Gasteiger partial charge is 0.457 e. The molecule has 43 heavy (non-hydrogen) atoms. The van der Waals surface area contributed by atoms with Crippen molar-refractivity contribution in [2.24, 2.45) is 0 Å². The Balaban J connectivity index is 1.95. The Morgan fingerprint density at radius 2 is 1.30 bits per heavy atom. The standard InChI is InChI=1S/C26H18F13NO2S/c27-22(28,24(32,33)25(34,35)36)16-4-1-3-15(11-16)21(40-13-20(41)23(29,30)31)14-7-9-17(10-8-14)42-18-5-2-6-19(12-18)43-26(37,38)39/h1-12,20-21,40-41H,13H2. The highest BCUT2D eigenvalue weighted by molar-refractivity contribution is 8.00. The van der Waals surface area contributed by atoms with Crippen LogP contribution < -0.4 is 10.1 Å². The Hall–Kier alpha value is -3.18. The minimum absolute atomic E-state index is 0.00270. The van der Waals surface area contributed by atoms with Crippen LogP contribution in [0.5, 0.6) is 11.5 Å². The van der Waals surface area contributed by atoms with E-state index < -0.39 is 71.3 Å². The van der Waals surface area contributed by atoms with Gasteiger partial charge >= 0.3 is 29.7 Å². The lowest BCUT2D eigenvalue weighted by molar-refractivity contribution is -0.359. The maximum Gasteiger partial charge on any atom is 0.460 e. The summed E-state index contributed by atoms with van der Waals surface area (Å²) >= 11 is -0.407. The number of aliphatic hydroxyl groups excluding tert-OH is 1. The molecule has 0 amide bonds. The van der Waals surface area contributed by atoms with Crippen LogP contribution in [0.2, 0.25) is 0 Å². The van der Waals surface area contributed by atoms with E-state index >= 15 is 0 Å². The van der Waals surface area contributed by atoms with Crippen molar-refractivity contribution in [3.63, 3.8) is 0 Å². The highest BCUT2D eigenvalue weighted by Crippen LogP contribution is 2.52. The molecule has 0 radical (unpaired) electrons. The van der Waals surface area contributed by atoms with E-state index in [2.05, 4.69) is 5.32 Å². The normalized spacial score (nSPS) is 14.8. The molecule has 0 aliphatic carbocycles. The summed E-state index contributed by atoms with van der Waals surface area (Å²) in [5, 5.41) is 11.6. The summed E-state index contributed by atoms with van der Waals surface area (Å²) in [5.74, 6) is -12.3. The minimum Gasteiger partial charge on any atom is -0.457 e. The molecule has 0 bridgehead atoms. The van der Waals surface area contributed by atoms with Gasteiger partial charge in [0.25, 0.3) is 0 Å². The van der Waals surface area contributed by atoms with Gasteiger partial charge in [0, 0.05) is 17.0 Å². The van der Waals surface area contributed by atoms with Crippen molar-refractivity contribution in [2.45, 2.75) is 46.7 Å². The van der Waals surface area contributed by atoms with E-state index in [1.165, 1.54) is 30.3 Å². The molecule has 0 fully saturated rings. The highest BCUT2D eigenvalue weighted by Gasteiger charge is 2.73. The molecule has 0 aromatic heterocycles. The SMILES string of the molecule is OC(CNC(c1ccc(Oc2cccc(SC(F)(F)F)c2)cc1)c1cccc(C(F)(F)C(F)(F)C(F)(F)F)c1)C(F)(F)F. The van der Waals surface area contributed by atoms with Crippen LogP contribution in [0.1, 0.15) is 22.7 Å². The van der Waals surface area contributed by atoms with Crippen LogP contribution in [0.3, 0.4) is 0 Å². The lowest BCUT2D eigenvalue weighted by Crippen LogP contribution is -2.50. The summed E-state index contributed by atoms with van der Waals surface area (Å²) in [4.78, 5) is -0.207. The molecule has 17 heteroatoms. The minimum atomic E-state index is -6.64. The molecule has 3 rings (SSSR count). The molecule has 0 aliphatic heterocycles. The number of nitrogens with one attached hydrogen (secondary N) is 1. The van der Waals surface area contributed by atoms with Crippen LogP contribution >= 0.6 is 11.8 Å². The van der Waals surface area contributed by atoms with Gasteiger partial charge in [-0.3, -0.25) is 0 Å². The third-order valence-corrected chi connectivity index (χ3v) is 6.44. The number of hydrogen-bond donors (Lipinski definition) is 2. The van der Waals surface area contributed by atoms with Crippen molar-refractivity contribution < 1.29 is 66.9 Å². The first-order valence-electron chi connectivity index (χ1n) is 11.7. The van der Waals surface area contributed by atoms with Crippen LogP contribution in [-0.2, 0) is 5.92 Å². The predicted molar refractivity (Wildman–Crippen MR) is 128 cm³/mol. The molecule has 2 unspecified atom stereocenters. The summed E-state index contributed by atoms with van der Waals surface area (Å²) in [5.41, 5.74) is -6.86. The summed E-state index contributed by atoms with van der Waals surface area (Å²) in [6.45, 7) is -1.24. The number of halogens is 13. The summed E-state index contributed by atoms with van der Waals surface area (Å²) in [7, 11) is 0. The number of rotatable bonds is 10. The molecule has 0 spiro atoms. The predicted octanol–water partition coefficient (Wildman–Crippen LogP) is 8.98. The van der Waals surface area contributed by atoms with E-state index in [1.807, 2.05) is 0 Å². The fraction of sp³-hybridized carbons (Fsp3) is 0.308. The number of thioether (sulfide) groups is 1. The van der Waals surface area contributed by atoms with Crippen molar-refractivity contribution in [1.29, 1.82) is 0 Å². The van der Waals surface area contributed by atoms with Gasteiger partial charge in [0.15, 0.2) is 6.10 Å². The van der Waals surface area contributed by atoms with Crippen LogP contribution in [0.15, 0.2) is 77.7 Å². The molecular weight excluding hydrogens is 637 g/mol. The number of ether oxygens (including phenoxy) is 1. The van der Waals surface area contributed by atoms with Crippen LogP contribution in [0.25, 0.3) is 0 Å². The van der Waals surface area contributed by atoms with Crippen molar-refractivity contribution in [3.8, 4) is 11.5 Å². The van der Waals surface area contributed by atoms with Crippen molar-refractivity contribution in [2.75, 3.05) is 6.54 Å². The molecule has 0 saturated carbocycles. The number of benzene rings is 3. The first kappa shape index (κ1) is 34.3. The van der Waals surface area contributed by atoms with E-state index in [0.29, 0.717) is 6.07 Å². The van der Waals surface area contributed by atoms with Crippen molar-refractivity contribution in [1.82, 2.24) is 5.32 Å². The maximum atomic E-state index is 14.4. The highest BCUT2D eigenvalue weighted by atomic mass is 32.2. The molecule has 3 nitrogen and oxygen atoms in total. The molecule has 3 aromatic rings. The maximum absolute atomic E-state index is 14.4. The number of aliphatic hydroxyl groups is 1. The van der Waals surface area contributed by atoms with Crippen LogP contribution in [-0.4, -0.2) is 41.5 Å². The second kappa shape index (κ2) is 12.4. The molecule has 2 N–H and O–H groups in total. The van der Waals surface area contributed by atoms with Crippen molar-refractivity contribution >= 4 is 11.8 Å². The van der Waals surface area contributed by atoms with Gasteiger partial charge in [0.05, 0.1) is 6.04 Å². The molecule has 0 saturated heterocycles. The molecule has 2 atom stereocenters. The third-order valence-electron chi connectivity index (χ3n) is 5.71. The van der Waals surface area contributed by atoms with E-state index in [0.717, 1.165) is 24.3 Å². The van der Waals surface area contributed by atoms with Crippen LogP contribution in [0, 0.1) is 0 Å². The summed E-state index contributed by atoms with van der Waals surface area (Å²) in [6.07, 6.45) is -14.7. The van der Waals surface area contributed by atoms with Gasteiger partial charge in [-0.25, -0.2) is 0 Å².